The summed E-state index contributed by atoms with van der Waals surface area (Å²) in [6.45, 7) is 14.2. The first-order chi connectivity index (χ1) is 8.85. The molecule has 1 aromatic rings. The predicted octanol–water partition coefficient (Wildman–Crippen LogP) is 2.11. The van der Waals surface area contributed by atoms with Gasteiger partial charge in [-0.1, -0.05) is 5.10 Å². The summed E-state index contributed by atoms with van der Waals surface area (Å²) in [6, 6.07) is 0. The molecule has 8 nitrogen and oxygen atoms in total. The summed E-state index contributed by atoms with van der Waals surface area (Å²) in [5, 5.41) is 21.8. The molecule has 0 saturated carbocycles. The Morgan fingerprint density at radius 1 is 1.13 bits per heavy atom. The molecule has 0 unspecified atom stereocenters. The number of amides is 1. The van der Waals surface area contributed by atoms with Gasteiger partial charge in [-0.05, 0) is 31.9 Å². The molecule has 1 rings (SSSR count). The van der Waals surface area contributed by atoms with Crippen LogP contribution in [-0.2, 0) is 46.7 Å². The maximum atomic E-state index is 10.2. The summed E-state index contributed by atoms with van der Waals surface area (Å²) in [5.41, 5.74) is 0. The van der Waals surface area contributed by atoms with Gasteiger partial charge in [0.15, 0.2) is 5.97 Å². The Morgan fingerprint density at radius 2 is 1.43 bits per heavy atom. The fraction of sp³-hybridized carbons (Fsp3) is 0.364. The van der Waals surface area contributed by atoms with Crippen molar-refractivity contribution in [3.8, 4) is 0 Å². The second-order valence-electron chi connectivity index (χ2n) is 2.68. The van der Waals surface area contributed by atoms with Crippen molar-refractivity contribution in [2.75, 3.05) is 32.0 Å². The first-order valence-electron chi connectivity index (χ1n) is 4.93. The molecule has 3 N–H and O–H groups in total. The number of aliphatic carboxylic acids is 1. The predicted molar refractivity (Wildman–Crippen MR) is 98.5 cm³/mol. The molecule has 12 heteroatoms. The van der Waals surface area contributed by atoms with E-state index >= 15 is 0 Å². The summed E-state index contributed by atoms with van der Waals surface area (Å²) in [7, 11) is 2.17. The van der Waals surface area contributed by atoms with Gasteiger partial charge >= 0.3 is 37.1 Å². The van der Waals surface area contributed by atoms with E-state index in [1.165, 1.54) is 0 Å². The van der Waals surface area contributed by atoms with E-state index < -0.39 is 11.9 Å². The molecule has 0 aliphatic carbocycles. The number of carbonyl (C=O) groups excluding carboxylic acids is 1. The fourth-order valence-corrected chi connectivity index (χ4v) is 0.339. The fourth-order valence-electron chi connectivity index (χ4n) is 0.339. The van der Waals surface area contributed by atoms with E-state index in [4.69, 9.17) is 9.90 Å². The minimum Gasteiger partial charge on any atom is -0.503 e. The maximum absolute atomic E-state index is 10.2. The van der Waals surface area contributed by atoms with Gasteiger partial charge in [0.25, 0.3) is 5.95 Å². The van der Waals surface area contributed by atoms with Crippen molar-refractivity contribution in [1.82, 2.24) is 20.6 Å². The van der Waals surface area contributed by atoms with Gasteiger partial charge in [-0.15, -0.1) is 22.3 Å². The SMILES string of the molecule is CPC.CPC.[2HH].[2HH].[CH2-]C(=O)Nc1nn[nH]n1.[CH2-]C(=O)O.[CH3-].[CH3-].[V+2].[V+2]. The number of aromatic nitrogens is 4. The minimum atomic E-state index is -1.08. The molecule has 0 spiro atoms. The number of hydrogen-bond donors (Lipinski definition) is 3. The van der Waals surface area contributed by atoms with E-state index in [-0.39, 0.29) is 60.8 Å². The van der Waals surface area contributed by atoms with Gasteiger partial charge < -0.3 is 37.0 Å². The van der Waals surface area contributed by atoms with Gasteiger partial charge in [-0.25, -0.2) is 0 Å². The normalized spacial score (nSPS) is 6.09. The van der Waals surface area contributed by atoms with Crippen LogP contribution < -0.4 is 5.32 Å². The topological polar surface area (TPSA) is 121 Å². The number of nitrogens with zero attached hydrogens (tertiary/aromatic N) is 3. The third-order valence-corrected chi connectivity index (χ3v) is 0.597. The Labute approximate surface area is 170 Å². The zero-order valence-electron chi connectivity index (χ0n) is 14.4. The molecule has 0 bridgehead atoms. The zero-order chi connectivity index (χ0) is 15.7. The largest absolute Gasteiger partial charge is 2.00 e. The number of hydrogen-bond acceptors (Lipinski definition) is 5. The van der Waals surface area contributed by atoms with Crippen LogP contribution >= 0.6 is 17.2 Å². The van der Waals surface area contributed by atoms with E-state index in [0.717, 1.165) is 17.2 Å². The summed E-state index contributed by atoms with van der Waals surface area (Å²) in [4.78, 5) is 19.1. The van der Waals surface area contributed by atoms with Crippen LogP contribution in [0.4, 0.5) is 5.95 Å². The molecule has 0 aliphatic heterocycles. The molecule has 0 saturated heterocycles. The van der Waals surface area contributed by atoms with Crippen LogP contribution in [0.3, 0.4) is 0 Å². The molecule has 2 radical (unpaired) electrons. The summed E-state index contributed by atoms with van der Waals surface area (Å²) < 4.78 is 0. The van der Waals surface area contributed by atoms with Crippen molar-refractivity contribution in [2.24, 2.45) is 0 Å². The number of nitrogens with one attached hydrogen (secondary N) is 2. The van der Waals surface area contributed by atoms with E-state index in [2.05, 4.69) is 66.4 Å². The van der Waals surface area contributed by atoms with Crippen LogP contribution in [0.25, 0.3) is 0 Å². The number of carbonyl (C=O) groups is 2. The first-order valence-corrected chi connectivity index (χ1v) is 8.93. The van der Waals surface area contributed by atoms with Gasteiger partial charge in [0, 0.05) is 2.85 Å². The van der Waals surface area contributed by atoms with Crippen molar-refractivity contribution in [3.05, 3.63) is 28.7 Å². The quantitative estimate of drug-likeness (QED) is 0.448. The number of carboxylic acids is 1. The second-order valence-corrected chi connectivity index (χ2v) is 4.68. The van der Waals surface area contributed by atoms with E-state index in [1.54, 1.807) is 0 Å². The van der Waals surface area contributed by atoms with Crippen molar-refractivity contribution in [2.45, 2.75) is 0 Å². The minimum absolute atomic E-state index is 0. The Balaban J connectivity index is -0.0000000203. The second kappa shape index (κ2) is 37.8. The average molecular weight is 447 g/mol. The zero-order valence-corrected chi connectivity index (χ0v) is 19.2. The molecule has 1 heterocycles. The van der Waals surface area contributed by atoms with Crippen LogP contribution in [0.15, 0.2) is 0 Å². The van der Waals surface area contributed by atoms with Crippen molar-refractivity contribution in [3.63, 3.8) is 0 Å². The molecule has 1 amide bonds. The van der Waals surface area contributed by atoms with E-state index in [0.29, 0.717) is 0 Å². The maximum Gasteiger partial charge on any atom is 2.00 e. The summed E-state index contributed by atoms with van der Waals surface area (Å²) in [5.74, 6) is -1.41. The van der Waals surface area contributed by atoms with Crippen LogP contribution in [0.5, 0.6) is 0 Å². The first kappa shape index (κ1) is 43.4. The number of aromatic amines is 1. The molecule has 0 aliphatic rings. The molecule has 138 valence electrons. The number of carboxylic acid groups (broad SMARTS) is 1. The van der Waals surface area contributed by atoms with Gasteiger partial charge in [0.1, 0.15) is 0 Å². The van der Waals surface area contributed by atoms with Crippen LogP contribution in [0, 0.1) is 28.7 Å². The number of H-pyrrole nitrogens is 1. The standard InChI is InChI=1S/C3H4N5O.C2H3O2.2C2H7P.2CH3.2V.2H2/c1-2(9)4-3-5-7-8-6-3;1-2(3)4;2*1-3-2;;;;;;/h1H2,(H2,4,5,6,7,8,9);1H2,(H,3,4);2*3H,1-2H3;2*1H3;;;2*1H/q2*-1;;;2*-1;2*+2;;/i;;;;;;;;2*1+1. The van der Waals surface area contributed by atoms with Crippen molar-refractivity contribution in [1.29, 1.82) is 0 Å². The van der Waals surface area contributed by atoms with E-state index in [1.807, 2.05) is 0 Å². The monoisotopic (exact) mass is 447 g/mol. The molecular formula is C11H31N5O3P2V2. The van der Waals surface area contributed by atoms with Crippen LogP contribution in [-0.4, -0.2) is 64.3 Å². The summed E-state index contributed by atoms with van der Waals surface area (Å²) >= 11 is 0. The number of tetrazole rings is 1. The summed E-state index contributed by atoms with van der Waals surface area (Å²) in [6.07, 6.45) is 0. The third kappa shape index (κ3) is 73.3. The molecule has 23 heavy (non-hydrogen) atoms. The van der Waals surface area contributed by atoms with Crippen LogP contribution in [0.1, 0.15) is 2.85 Å². The molecular weight excluding hydrogens is 414 g/mol. The molecule has 0 atom stereocenters. The Bertz CT molecular complexity index is 325. The Morgan fingerprint density at radius 3 is 1.61 bits per heavy atom. The molecule has 1 aromatic heterocycles. The van der Waals surface area contributed by atoms with Crippen molar-refractivity contribution < 1.29 is 54.7 Å². The van der Waals surface area contributed by atoms with Gasteiger partial charge in [-0.2, -0.15) is 5.21 Å². The smallest absolute Gasteiger partial charge is 0.503 e. The average Bonchev–Trinajstić information content (AvgIpc) is 2.70. The Hall–Kier alpha value is -0.221. The van der Waals surface area contributed by atoms with Gasteiger partial charge in [0.2, 0.25) is 0 Å². The van der Waals surface area contributed by atoms with Gasteiger partial charge in [-0.3, -0.25) is 11.7 Å². The van der Waals surface area contributed by atoms with Crippen molar-refractivity contribution >= 4 is 35.0 Å². The van der Waals surface area contributed by atoms with Gasteiger partial charge in [0.05, 0.1) is 5.91 Å². The Kier molecular flexibility index (Phi) is 71.3. The number of anilines is 1. The molecule has 0 fully saturated rings. The van der Waals surface area contributed by atoms with Crippen LogP contribution in [0.2, 0.25) is 0 Å². The van der Waals surface area contributed by atoms with E-state index in [9.17, 15) is 4.79 Å². The number of rotatable bonds is 1. The molecule has 0 aromatic carbocycles. The third-order valence-electron chi connectivity index (χ3n) is 0.597.